The van der Waals surface area contributed by atoms with E-state index in [0.717, 1.165) is 16.6 Å². The maximum atomic E-state index is 13.4. The molecule has 0 aliphatic carbocycles. The highest BCUT2D eigenvalue weighted by Crippen LogP contribution is 2.28. The minimum atomic E-state index is -0.642. The minimum Gasteiger partial charge on any atom is -0.444 e. The third-order valence-electron chi connectivity index (χ3n) is 5.55. The molecule has 2 amide bonds. The Morgan fingerprint density at radius 2 is 1.69 bits per heavy atom. The van der Waals surface area contributed by atoms with Gasteiger partial charge in [0.2, 0.25) is 5.56 Å². The summed E-state index contributed by atoms with van der Waals surface area (Å²) in [6.45, 7) is 9.66. The fraction of sp³-hybridized carbons (Fsp3) is 0.346. The fourth-order valence-corrected chi connectivity index (χ4v) is 4.00. The topological polar surface area (TPSA) is 113 Å². The van der Waals surface area contributed by atoms with Gasteiger partial charge in [-0.3, -0.25) is 14.9 Å². The number of pyridine rings is 1. The molecule has 0 atom stereocenters. The van der Waals surface area contributed by atoms with Gasteiger partial charge in [0.05, 0.1) is 18.8 Å². The summed E-state index contributed by atoms with van der Waals surface area (Å²) in [5.74, 6) is -0.319. The Morgan fingerprint density at radius 1 is 1.00 bits per heavy atom. The molecule has 1 aliphatic heterocycles. The summed E-state index contributed by atoms with van der Waals surface area (Å²) in [5.41, 5.74) is 2.92. The average molecular weight is 479 g/mol. The first-order chi connectivity index (χ1) is 16.6. The SMILES string of the molecule is Cc1cc(=O)[nH]c2ccc(NC(=O)c3cc(NC(=O)OC(C)(C)C)ccc3N3CCOCC3)cc12. The number of carbonyl (C=O) groups is 2. The van der Waals surface area contributed by atoms with Crippen molar-refractivity contribution in [3.8, 4) is 0 Å². The number of benzene rings is 2. The molecule has 4 rings (SSSR count). The number of aryl methyl sites for hydroxylation is 1. The molecule has 9 heteroatoms. The third kappa shape index (κ3) is 5.99. The molecule has 0 saturated carbocycles. The van der Waals surface area contributed by atoms with Crippen LogP contribution in [0.3, 0.4) is 0 Å². The first kappa shape index (κ1) is 24.3. The van der Waals surface area contributed by atoms with E-state index in [1.807, 2.05) is 19.1 Å². The Bertz CT molecular complexity index is 1320. The van der Waals surface area contributed by atoms with Crippen LogP contribution in [-0.4, -0.2) is 48.9 Å². The highest BCUT2D eigenvalue weighted by atomic mass is 16.6. The molecule has 0 bridgehead atoms. The van der Waals surface area contributed by atoms with Gasteiger partial charge >= 0.3 is 6.09 Å². The van der Waals surface area contributed by atoms with Crippen LogP contribution >= 0.6 is 0 Å². The lowest BCUT2D eigenvalue weighted by molar-refractivity contribution is 0.0635. The zero-order valence-electron chi connectivity index (χ0n) is 20.4. The quantitative estimate of drug-likeness (QED) is 0.516. The third-order valence-corrected chi connectivity index (χ3v) is 5.55. The smallest absolute Gasteiger partial charge is 0.412 e. The van der Waals surface area contributed by atoms with Gasteiger partial charge in [0.1, 0.15) is 5.60 Å². The lowest BCUT2D eigenvalue weighted by atomic mass is 10.1. The van der Waals surface area contributed by atoms with Crippen LogP contribution in [0.15, 0.2) is 47.3 Å². The van der Waals surface area contributed by atoms with Crippen LogP contribution in [0.2, 0.25) is 0 Å². The van der Waals surface area contributed by atoms with E-state index in [2.05, 4.69) is 20.5 Å². The molecule has 0 spiro atoms. The van der Waals surface area contributed by atoms with Gasteiger partial charge < -0.3 is 24.7 Å². The zero-order chi connectivity index (χ0) is 25.2. The summed E-state index contributed by atoms with van der Waals surface area (Å²) in [6, 6.07) is 12.1. The monoisotopic (exact) mass is 478 g/mol. The zero-order valence-corrected chi connectivity index (χ0v) is 20.4. The Morgan fingerprint density at radius 3 is 2.40 bits per heavy atom. The number of nitrogens with one attached hydrogen (secondary N) is 3. The number of aromatic amines is 1. The normalized spacial score (nSPS) is 14.0. The number of hydrogen-bond donors (Lipinski definition) is 3. The van der Waals surface area contributed by atoms with E-state index in [1.165, 1.54) is 6.07 Å². The van der Waals surface area contributed by atoms with Gasteiger partial charge in [0.15, 0.2) is 0 Å². The molecule has 3 aromatic rings. The van der Waals surface area contributed by atoms with Crippen molar-refractivity contribution in [3.63, 3.8) is 0 Å². The molecule has 2 aromatic carbocycles. The summed E-state index contributed by atoms with van der Waals surface area (Å²) >= 11 is 0. The van der Waals surface area contributed by atoms with Crippen LogP contribution < -0.4 is 21.1 Å². The lowest BCUT2D eigenvalue weighted by Gasteiger charge is -2.30. The Hall–Kier alpha value is -3.85. The lowest BCUT2D eigenvalue weighted by Crippen LogP contribution is -2.37. The minimum absolute atomic E-state index is 0.170. The maximum Gasteiger partial charge on any atom is 0.412 e. The molecule has 2 heterocycles. The van der Waals surface area contributed by atoms with E-state index >= 15 is 0 Å². The predicted octanol–water partition coefficient (Wildman–Crippen LogP) is 4.27. The first-order valence-electron chi connectivity index (χ1n) is 11.5. The number of nitrogens with zero attached hydrogens (tertiary/aromatic N) is 1. The molecule has 184 valence electrons. The molecule has 0 unspecified atom stereocenters. The van der Waals surface area contributed by atoms with E-state index in [9.17, 15) is 14.4 Å². The van der Waals surface area contributed by atoms with E-state index in [-0.39, 0.29) is 11.5 Å². The van der Waals surface area contributed by atoms with Gasteiger partial charge in [0, 0.05) is 47.1 Å². The molecule has 1 fully saturated rings. The van der Waals surface area contributed by atoms with E-state index in [4.69, 9.17) is 9.47 Å². The molecule has 3 N–H and O–H groups in total. The van der Waals surface area contributed by atoms with Crippen LogP contribution in [-0.2, 0) is 9.47 Å². The molecule has 35 heavy (non-hydrogen) atoms. The molecule has 1 aliphatic rings. The summed E-state index contributed by atoms with van der Waals surface area (Å²) in [7, 11) is 0. The molecule has 1 aromatic heterocycles. The molecule has 9 nitrogen and oxygen atoms in total. The second kappa shape index (κ2) is 9.79. The number of H-pyrrole nitrogens is 1. The summed E-state index contributed by atoms with van der Waals surface area (Å²) in [6.07, 6.45) is -0.595. The Balaban J connectivity index is 1.64. The molecular formula is C26H30N4O5. The van der Waals surface area contributed by atoms with Crippen molar-refractivity contribution in [2.45, 2.75) is 33.3 Å². The van der Waals surface area contributed by atoms with Gasteiger partial charge in [-0.2, -0.15) is 0 Å². The number of amides is 2. The Labute approximate surface area is 203 Å². The van der Waals surface area contributed by atoms with Crippen molar-refractivity contribution in [1.82, 2.24) is 4.98 Å². The number of ether oxygens (including phenoxy) is 2. The summed E-state index contributed by atoms with van der Waals surface area (Å²) in [4.78, 5) is 42.4. The number of fused-ring (bicyclic) bond motifs is 1. The van der Waals surface area contributed by atoms with Crippen molar-refractivity contribution < 1.29 is 19.1 Å². The average Bonchev–Trinajstić information content (AvgIpc) is 2.78. The second-order valence-corrected chi connectivity index (χ2v) is 9.49. The fourth-order valence-electron chi connectivity index (χ4n) is 4.00. The van der Waals surface area contributed by atoms with Crippen molar-refractivity contribution in [2.75, 3.05) is 41.8 Å². The maximum absolute atomic E-state index is 13.4. The molecular weight excluding hydrogens is 448 g/mol. The number of hydrogen-bond acceptors (Lipinski definition) is 6. The standard InChI is InChI=1S/C26H30N4O5/c1-16-13-23(31)29-21-7-5-17(14-19(16)21)27-24(32)20-15-18(28-25(33)35-26(2,3)4)6-8-22(20)30-9-11-34-12-10-30/h5-8,13-15H,9-12H2,1-4H3,(H,27,32)(H,28,33)(H,29,31). The number of carbonyl (C=O) groups excluding carboxylic acids is 2. The molecule has 0 radical (unpaired) electrons. The van der Waals surface area contributed by atoms with Crippen LogP contribution in [0.1, 0.15) is 36.7 Å². The van der Waals surface area contributed by atoms with Gasteiger partial charge in [-0.1, -0.05) is 0 Å². The largest absolute Gasteiger partial charge is 0.444 e. The van der Waals surface area contributed by atoms with Crippen LogP contribution in [0.5, 0.6) is 0 Å². The van der Waals surface area contributed by atoms with Crippen molar-refractivity contribution in [1.29, 1.82) is 0 Å². The van der Waals surface area contributed by atoms with E-state index in [1.54, 1.807) is 45.0 Å². The van der Waals surface area contributed by atoms with Gasteiger partial charge in [-0.05, 0) is 69.7 Å². The molecule has 1 saturated heterocycles. The van der Waals surface area contributed by atoms with Gasteiger partial charge in [0.25, 0.3) is 5.91 Å². The van der Waals surface area contributed by atoms with Gasteiger partial charge in [-0.25, -0.2) is 4.79 Å². The van der Waals surface area contributed by atoms with Crippen molar-refractivity contribution >= 4 is 40.0 Å². The first-order valence-corrected chi connectivity index (χ1v) is 11.5. The Kier molecular flexibility index (Phi) is 6.79. The number of rotatable bonds is 4. The van der Waals surface area contributed by atoms with E-state index in [0.29, 0.717) is 48.8 Å². The van der Waals surface area contributed by atoms with Crippen molar-refractivity contribution in [2.24, 2.45) is 0 Å². The second-order valence-electron chi connectivity index (χ2n) is 9.49. The highest BCUT2D eigenvalue weighted by molar-refractivity contribution is 6.09. The summed E-state index contributed by atoms with van der Waals surface area (Å²) < 4.78 is 10.8. The number of anilines is 3. The predicted molar refractivity (Wildman–Crippen MR) is 137 cm³/mol. The number of aromatic nitrogens is 1. The van der Waals surface area contributed by atoms with Crippen LogP contribution in [0, 0.1) is 6.92 Å². The van der Waals surface area contributed by atoms with E-state index < -0.39 is 11.7 Å². The number of morpholine rings is 1. The van der Waals surface area contributed by atoms with Crippen LogP contribution in [0.25, 0.3) is 10.9 Å². The van der Waals surface area contributed by atoms with Crippen LogP contribution in [0.4, 0.5) is 21.9 Å². The van der Waals surface area contributed by atoms with Gasteiger partial charge in [-0.15, -0.1) is 0 Å². The summed E-state index contributed by atoms with van der Waals surface area (Å²) in [5, 5.41) is 6.51. The highest BCUT2D eigenvalue weighted by Gasteiger charge is 2.22. The van der Waals surface area contributed by atoms with Crippen molar-refractivity contribution in [3.05, 3.63) is 63.9 Å².